The number of rotatable bonds is 8. The zero-order valence-electron chi connectivity index (χ0n) is 15.8. The highest BCUT2D eigenvalue weighted by atomic mass is 16.5. The zero-order valence-corrected chi connectivity index (χ0v) is 15.8. The smallest absolute Gasteiger partial charge is 0.331 e. The van der Waals surface area contributed by atoms with Crippen LogP contribution in [0.25, 0.3) is 0 Å². The van der Waals surface area contributed by atoms with E-state index in [1.54, 1.807) is 48.5 Å². The second-order valence-corrected chi connectivity index (χ2v) is 6.78. The summed E-state index contributed by atoms with van der Waals surface area (Å²) in [4.78, 5) is 27.3. The van der Waals surface area contributed by atoms with Crippen molar-refractivity contribution in [1.29, 1.82) is 5.26 Å². The van der Waals surface area contributed by atoms with E-state index in [0.717, 1.165) is 4.90 Å². The Kier molecular flexibility index (Phi) is 6.44. The molecule has 0 spiro atoms. The van der Waals surface area contributed by atoms with Gasteiger partial charge in [0.2, 0.25) is 0 Å². The van der Waals surface area contributed by atoms with Crippen molar-refractivity contribution >= 4 is 17.6 Å². The normalized spacial score (nSPS) is 15.9. The average Bonchev–Trinajstić information content (AvgIpc) is 3.01. The number of anilines is 1. The largest absolute Gasteiger partial charge is 0.490 e. The number of nitrogens with zero attached hydrogens (tertiary/aromatic N) is 3. The van der Waals surface area contributed by atoms with Crippen molar-refractivity contribution < 1.29 is 19.4 Å². The molecule has 8 nitrogen and oxygen atoms in total. The molecule has 1 saturated heterocycles. The van der Waals surface area contributed by atoms with Crippen LogP contribution in [-0.4, -0.2) is 53.8 Å². The Balaban J connectivity index is 1.52. The number of imide groups is 1. The molecule has 0 saturated carbocycles. The van der Waals surface area contributed by atoms with Crippen molar-refractivity contribution in [2.45, 2.75) is 18.6 Å². The number of benzene rings is 2. The van der Waals surface area contributed by atoms with Gasteiger partial charge in [-0.2, -0.15) is 5.26 Å². The summed E-state index contributed by atoms with van der Waals surface area (Å²) in [5.41, 5.74) is 7.07. The number of hydrogen-bond donors (Lipinski definition) is 2. The number of carbonyl (C=O) groups is 2. The lowest BCUT2D eigenvalue weighted by atomic mass is 10.1. The van der Waals surface area contributed by atoms with Crippen LogP contribution in [0.15, 0.2) is 54.6 Å². The van der Waals surface area contributed by atoms with Crippen molar-refractivity contribution in [3.63, 3.8) is 0 Å². The molecule has 29 heavy (non-hydrogen) atoms. The summed E-state index contributed by atoms with van der Waals surface area (Å²) < 4.78 is 5.49. The molecule has 3 N–H and O–H groups in total. The fourth-order valence-electron chi connectivity index (χ4n) is 3.13. The maximum absolute atomic E-state index is 12.6. The van der Waals surface area contributed by atoms with E-state index in [2.05, 4.69) is 0 Å². The molecule has 0 bridgehead atoms. The third-order valence-corrected chi connectivity index (χ3v) is 4.55. The number of amides is 3. The minimum Gasteiger partial charge on any atom is -0.490 e. The lowest BCUT2D eigenvalue weighted by Gasteiger charge is -2.22. The molecule has 0 aliphatic carbocycles. The molecule has 2 aromatic carbocycles. The van der Waals surface area contributed by atoms with Crippen LogP contribution < -0.4 is 15.4 Å². The van der Waals surface area contributed by atoms with Gasteiger partial charge in [0.25, 0.3) is 5.91 Å². The molecule has 3 amide bonds. The third kappa shape index (κ3) is 4.90. The Hall–Kier alpha value is -3.41. The number of aliphatic hydroxyl groups excluding tert-OH is 1. The standard InChI is InChI=1S/C21H22N4O4/c22-11-15-6-4-5-9-19(15)29-14-18(26)10-16(23)12-25-20(27)13-24(21(25)28)17-7-2-1-3-8-17/h1-9,16,18,26H,10,12-14,23H2. The molecular formula is C21H22N4O4. The lowest BCUT2D eigenvalue weighted by Crippen LogP contribution is -2.44. The lowest BCUT2D eigenvalue weighted by molar-refractivity contribution is -0.125. The van der Waals surface area contributed by atoms with Gasteiger partial charge in [-0.05, 0) is 30.7 Å². The Labute approximate surface area is 168 Å². The van der Waals surface area contributed by atoms with E-state index in [4.69, 9.17) is 15.7 Å². The van der Waals surface area contributed by atoms with Gasteiger partial charge in [0.1, 0.15) is 25.0 Å². The van der Waals surface area contributed by atoms with Gasteiger partial charge < -0.3 is 15.6 Å². The van der Waals surface area contributed by atoms with Gasteiger partial charge in [-0.25, -0.2) is 4.79 Å². The summed E-state index contributed by atoms with van der Waals surface area (Å²) in [7, 11) is 0. The molecule has 150 valence electrons. The fourth-order valence-corrected chi connectivity index (χ4v) is 3.13. The number of nitriles is 1. The van der Waals surface area contributed by atoms with Gasteiger partial charge in [-0.1, -0.05) is 30.3 Å². The van der Waals surface area contributed by atoms with Gasteiger partial charge >= 0.3 is 6.03 Å². The predicted octanol–water partition coefficient (Wildman–Crippen LogP) is 1.48. The topological polar surface area (TPSA) is 120 Å². The number of carbonyl (C=O) groups excluding carboxylic acids is 2. The Morgan fingerprint density at radius 2 is 1.83 bits per heavy atom. The molecule has 2 aromatic rings. The first kappa shape index (κ1) is 20.3. The minimum atomic E-state index is -0.908. The molecule has 2 unspecified atom stereocenters. The van der Waals surface area contributed by atoms with Crippen LogP contribution >= 0.6 is 0 Å². The summed E-state index contributed by atoms with van der Waals surface area (Å²) in [6.07, 6.45) is -0.772. The van der Waals surface area contributed by atoms with E-state index in [9.17, 15) is 14.7 Å². The highest BCUT2D eigenvalue weighted by molar-refractivity contribution is 6.12. The maximum Gasteiger partial charge on any atom is 0.331 e. The Morgan fingerprint density at radius 1 is 1.14 bits per heavy atom. The van der Waals surface area contributed by atoms with Crippen molar-refractivity contribution in [1.82, 2.24) is 4.90 Å². The monoisotopic (exact) mass is 394 g/mol. The quantitative estimate of drug-likeness (QED) is 0.655. The predicted molar refractivity (Wildman–Crippen MR) is 106 cm³/mol. The molecule has 1 fully saturated rings. The fraction of sp³-hybridized carbons (Fsp3) is 0.286. The van der Waals surface area contributed by atoms with Gasteiger partial charge in [-0.3, -0.25) is 14.6 Å². The second-order valence-electron chi connectivity index (χ2n) is 6.78. The molecule has 1 aliphatic rings. The van der Waals surface area contributed by atoms with E-state index >= 15 is 0 Å². The van der Waals surface area contributed by atoms with Crippen molar-refractivity contribution in [2.75, 3.05) is 24.6 Å². The molecule has 2 atom stereocenters. The maximum atomic E-state index is 12.6. The van der Waals surface area contributed by atoms with E-state index in [0.29, 0.717) is 17.0 Å². The molecular weight excluding hydrogens is 372 g/mol. The second kappa shape index (κ2) is 9.19. The van der Waals surface area contributed by atoms with Gasteiger partial charge in [-0.15, -0.1) is 0 Å². The highest BCUT2D eigenvalue weighted by Gasteiger charge is 2.37. The summed E-state index contributed by atoms with van der Waals surface area (Å²) in [5, 5.41) is 19.2. The Bertz CT molecular complexity index is 912. The summed E-state index contributed by atoms with van der Waals surface area (Å²) in [5.74, 6) is 0.0500. The number of aliphatic hydroxyl groups is 1. The van der Waals surface area contributed by atoms with E-state index in [1.165, 1.54) is 4.90 Å². The molecule has 8 heteroatoms. The minimum absolute atomic E-state index is 0.00679. The third-order valence-electron chi connectivity index (χ3n) is 4.55. The average molecular weight is 394 g/mol. The molecule has 1 heterocycles. The molecule has 0 aromatic heterocycles. The van der Waals surface area contributed by atoms with E-state index in [1.807, 2.05) is 12.1 Å². The van der Waals surface area contributed by atoms with Crippen LogP contribution in [0.4, 0.5) is 10.5 Å². The molecule has 0 radical (unpaired) electrons. The van der Waals surface area contributed by atoms with Crippen LogP contribution in [0.2, 0.25) is 0 Å². The van der Waals surface area contributed by atoms with Crippen LogP contribution in [0, 0.1) is 11.3 Å². The number of urea groups is 1. The van der Waals surface area contributed by atoms with E-state index in [-0.39, 0.29) is 32.0 Å². The first-order valence-electron chi connectivity index (χ1n) is 9.22. The number of ether oxygens (including phenoxy) is 1. The van der Waals surface area contributed by atoms with E-state index < -0.39 is 18.2 Å². The summed E-state index contributed by atoms with van der Waals surface area (Å²) in [6, 6.07) is 16.6. The first-order valence-corrected chi connectivity index (χ1v) is 9.22. The molecule has 1 aliphatic heterocycles. The van der Waals surface area contributed by atoms with Crippen LogP contribution in [0.1, 0.15) is 12.0 Å². The van der Waals surface area contributed by atoms with Crippen LogP contribution in [0.5, 0.6) is 5.75 Å². The van der Waals surface area contributed by atoms with Crippen molar-refractivity contribution in [3.8, 4) is 11.8 Å². The molecule has 3 rings (SSSR count). The van der Waals surface area contributed by atoms with Gasteiger partial charge in [0, 0.05) is 18.3 Å². The van der Waals surface area contributed by atoms with Crippen molar-refractivity contribution in [3.05, 3.63) is 60.2 Å². The zero-order chi connectivity index (χ0) is 20.8. The summed E-state index contributed by atoms with van der Waals surface area (Å²) >= 11 is 0. The Morgan fingerprint density at radius 3 is 2.55 bits per heavy atom. The number of nitrogens with two attached hydrogens (primary N) is 1. The highest BCUT2D eigenvalue weighted by Crippen LogP contribution is 2.21. The SMILES string of the molecule is N#Cc1ccccc1OCC(O)CC(N)CN1C(=O)CN(c2ccccc2)C1=O. The van der Waals surface area contributed by atoms with Crippen molar-refractivity contribution in [2.24, 2.45) is 5.73 Å². The van der Waals surface area contributed by atoms with Crippen LogP contribution in [-0.2, 0) is 4.79 Å². The number of para-hydroxylation sites is 2. The van der Waals surface area contributed by atoms with Gasteiger partial charge in [0.15, 0.2) is 0 Å². The van der Waals surface area contributed by atoms with Crippen LogP contribution in [0.3, 0.4) is 0 Å². The van der Waals surface area contributed by atoms with Gasteiger partial charge in [0.05, 0.1) is 11.7 Å². The summed E-state index contributed by atoms with van der Waals surface area (Å²) in [6.45, 7) is -0.0799. The number of hydrogen-bond acceptors (Lipinski definition) is 6. The first-order chi connectivity index (χ1) is 14.0.